The Bertz CT molecular complexity index is 1100. The molecule has 2 aliphatic heterocycles. The number of rotatable bonds is 7. The Kier molecular flexibility index (Phi) is 6.05. The molecule has 0 saturated carbocycles. The molecule has 0 saturated heterocycles. The molecule has 0 fully saturated rings. The first-order valence-corrected chi connectivity index (χ1v) is 11.1. The minimum atomic E-state index is -0.866. The maximum Gasteiger partial charge on any atom is 0.251 e. The SMILES string of the molecule is COC(C)(C)COc1cnccc1C1NC2=C(C(=O)NCC2)C1(C)Nc1cc(F)ccc1C. The van der Waals surface area contributed by atoms with E-state index in [1.807, 2.05) is 33.8 Å². The minimum absolute atomic E-state index is 0.132. The number of carbonyl (C=O) groups excluding carboxylic acids is 1. The Morgan fingerprint density at radius 1 is 1.33 bits per heavy atom. The zero-order valence-electron chi connectivity index (χ0n) is 19.7. The highest BCUT2D eigenvalue weighted by molar-refractivity contribution is 5.99. The molecule has 4 rings (SSSR count). The molecule has 1 aromatic heterocycles. The summed E-state index contributed by atoms with van der Waals surface area (Å²) in [6.45, 7) is 8.65. The molecule has 1 amide bonds. The first-order valence-electron chi connectivity index (χ1n) is 11.1. The van der Waals surface area contributed by atoms with E-state index >= 15 is 0 Å². The van der Waals surface area contributed by atoms with Gasteiger partial charge in [0.1, 0.15) is 18.2 Å². The summed E-state index contributed by atoms with van der Waals surface area (Å²) in [5.74, 6) is 0.128. The van der Waals surface area contributed by atoms with Crippen molar-refractivity contribution in [3.05, 3.63) is 64.9 Å². The maximum atomic E-state index is 14.1. The maximum absolute atomic E-state index is 14.1. The fourth-order valence-corrected chi connectivity index (χ4v) is 4.40. The van der Waals surface area contributed by atoms with Gasteiger partial charge in [-0.2, -0.15) is 0 Å². The van der Waals surface area contributed by atoms with Gasteiger partial charge >= 0.3 is 0 Å². The van der Waals surface area contributed by atoms with Crippen LogP contribution in [0.15, 0.2) is 47.9 Å². The molecule has 33 heavy (non-hydrogen) atoms. The molecule has 7 nitrogen and oxygen atoms in total. The van der Waals surface area contributed by atoms with E-state index in [2.05, 4.69) is 20.9 Å². The van der Waals surface area contributed by atoms with Crippen molar-refractivity contribution in [3.63, 3.8) is 0 Å². The summed E-state index contributed by atoms with van der Waals surface area (Å²) in [6.07, 6.45) is 4.07. The molecule has 1 aromatic carbocycles. The van der Waals surface area contributed by atoms with Gasteiger partial charge in [-0.3, -0.25) is 9.78 Å². The fourth-order valence-electron chi connectivity index (χ4n) is 4.40. The number of ether oxygens (including phenoxy) is 2. The number of carbonyl (C=O) groups is 1. The van der Waals surface area contributed by atoms with Crippen LogP contribution in [0.4, 0.5) is 10.1 Å². The predicted octanol–water partition coefficient (Wildman–Crippen LogP) is 3.62. The lowest BCUT2D eigenvalue weighted by atomic mass is 9.81. The van der Waals surface area contributed by atoms with Crippen LogP contribution in [0.2, 0.25) is 0 Å². The van der Waals surface area contributed by atoms with Crippen LogP contribution in [-0.4, -0.2) is 42.3 Å². The molecule has 3 N–H and O–H groups in total. The zero-order valence-corrected chi connectivity index (χ0v) is 19.7. The van der Waals surface area contributed by atoms with Gasteiger partial charge in [-0.25, -0.2) is 4.39 Å². The molecule has 0 bridgehead atoms. The van der Waals surface area contributed by atoms with Crippen LogP contribution in [0.1, 0.15) is 44.4 Å². The van der Waals surface area contributed by atoms with Gasteiger partial charge in [0.25, 0.3) is 5.91 Å². The largest absolute Gasteiger partial charge is 0.489 e. The van der Waals surface area contributed by atoms with Crippen LogP contribution < -0.4 is 20.7 Å². The van der Waals surface area contributed by atoms with Gasteiger partial charge < -0.3 is 25.4 Å². The van der Waals surface area contributed by atoms with Crippen molar-refractivity contribution in [2.75, 3.05) is 25.6 Å². The fraction of sp³-hybridized carbons (Fsp3) is 0.440. The van der Waals surface area contributed by atoms with Crippen molar-refractivity contribution in [2.24, 2.45) is 0 Å². The highest BCUT2D eigenvalue weighted by atomic mass is 19.1. The topological polar surface area (TPSA) is 84.5 Å². The lowest BCUT2D eigenvalue weighted by Gasteiger charge is -2.37. The standard InChI is InChI=1S/C25H31FN4O3/c1-15-6-7-16(26)12-19(15)30-25(4)21-18(9-11-28-23(21)31)29-22(25)17-8-10-27-13-20(17)33-14-24(2,3)32-5/h6-8,10,12-13,22,29-30H,9,11,14H2,1-5H3,(H,28,31). The van der Waals surface area contributed by atoms with Crippen molar-refractivity contribution < 1.29 is 18.7 Å². The Balaban J connectivity index is 1.77. The zero-order chi connectivity index (χ0) is 23.8. The summed E-state index contributed by atoms with van der Waals surface area (Å²) < 4.78 is 25.7. The summed E-state index contributed by atoms with van der Waals surface area (Å²) >= 11 is 0. The molecule has 2 unspecified atom stereocenters. The minimum Gasteiger partial charge on any atom is -0.489 e. The van der Waals surface area contributed by atoms with Crippen molar-refractivity contribution in [3.8, 4) is 5.75 Å². The number of aromatic nitrogens is 1. The van der Waals surface area contributed by atoms with E-state index in [1.54, 1.807) is 25.6 Å². The molecule has 2 aromatic rings. The average Bonchev–Trinajstić information content (AvgIpc) is 3.08. The Hall–Kier alpha value is -3.13. The molecule has 0 radical (unpaired) electrons. The number of amides is 1. The monoisotopic (exact) mass is 454 g/mol. The number of nitrogens with zero attached hydrogens (tertiary/aromatic N) is 1. The van der Waals surface area contributed by atoms with E-state index in [-0.39, 0.29) is 17.8 Å². The second-order valence-corrected chi connectivity index (χ2v) is 9.39. The van der Waals surface area contributed by atoms with Gasteiger partial charge in [-0.05, 0) is 51.5 Å². The van der Waals surface area contributed by atoms with Crippen molar-refractivity contribution >= 4 is 11.6 Å². The Labute approximate surface area is 193 Å². The lowest BCUT2D eigenvalue weighted by Crippen LogP contribution is -2.47. The summed E-state index contributed by atoms with van der Waals surface area (Å²) in [7, 11) is 1.64. The van der Waals surface area contributed by atoms with E-state index in [0.717, 1.165) is 16.8 Å². The molecule has 8 heteroatoms. The summed E-state index contributed by atoms with van der Waals surface area (Å²) in [4.78, 5) is 17.3. The van der Waals surface area contributed by atoms with Crippen LogP contribution in [0.25, 0.3) is 0 Å². The van der Waals surface area contributed by atoms with Gasteiger partial charge in [0.2, 0.25) is 0 Å². The second-order valence-electron chi connectivity index (χ2n) is 9.39. The lowest BCUT2D eigenvalue weighted by molar-refractivity contribution is -0.118. The number of hydrogen-bond donors (Lipinski definition) is 3. The van der Waals surface area contributed by atoms with Gasteiger partial charge in [-0.15, -0.1) is 0 Å². The molecule has 2 atom stereocenters. The second kappa shape index (κ2) is 8.67. The molecular weight excluding hydrogens is 423 g/mol. The number of aryl methyl sites for hydroxylation is 1. The summed E-state index contributed by atoms with van der Waals surface area (Å²) in [6, 6.07) is 6.15. The van der Waals surface area contributed by atoms with E-state index in [9.17, 15) is 9.18 Å². The predicted molar refractivity (Wildman–Crippen MR) is 125 cm³/mol. The number of methoxy groups -OCH3 is 1. The van der Waals surface area contributed by atoms with Gasteiger partial charge in [0.15, 0.2) is 0 Å². The molecule has 0 spiro atoms. The molecule has 0 aliphatic carbocycles. The smallest absolute Gasteiger partial charge is 0.251 e. The van der Waals surface area contributed by atoms with E-state index in [4.69, 9.17) is 9.47 Å². The molecule has 176 valence electrons. The van der Waals surface area contributed by atoms with Crippen LogP contribution in [-0.2, 0) is 9.53 Å². The van der Waals surface area contributed by atoms with Crippen LogP contribution >= 0.6 is 0 Å². The van der Waals surface area contributed by atoms with Crippen molar-refractivity contribution in [1.29, 1.82) is 0 Å². The number of benzene rings is 1. The number of halogens is 1. The summed E-state index contributed by atoms with van der Waals surface area (Å²) in [5.41, 5.74) is 2.53. The highest BCUT2D eigenvalue weighted by Crippen LogP contribution is 2.46. The molecule has 3 heterocycles. The Morgan fingerprint density at radius 3 is 2.88 bits per heavy atom. The highest BCUT2D eigenvalue weighted by Gasteiger charge is 2.50. The molecule has 2 aliphatic rings. The van der Waals surface area contributed by atoms with Gasteiger partial charge in [0.05, 0.1) is 29.0 Å². The average molecular weight is 455 g/mol. The van der Waals surface area contributed by atoms with Gasteiger partial charge in [0, 0.05) is 43.2 Å². The summed E-state index contributed by atoms with van der Waals surface area (Å²) in [5, 5.41) is 10.0. The Morgan fingerprint density at radius 2 is 2.12 bits per heavy atom. The van der Waals surface area contributed by atoms with Crippen LogP contribution in [0, 0.1) is 12.7 Å². The van der Waals surface area contributed by atoms with E-state index < -0.39 is 11.1 Å². The third kappa shape index (κ3) is 4.39. The van der Waals surface area contributed by atoms with Gasteiger partial charge in [-0.1, -0.05) is 6.07 Å². The number of nitrogens with one attached hydrogen (secondary N) is 3. The van der Waals surface area contributed by atoms with E-state index in [1.165, 1.54) is 12.1 Å². The number of hydrogen-bond acceptors (Lipinski definition) is 6. The van der Waals surface area contributed by atoms with Crippen LogP contribution in [0.5, 0.6) is 5.75 Å². The third-order valence-electron chi connectivity index (χ3n) is 6.45. The normalized spacial score (nSPS) is 22.5. The third-order valence-corrected chi connectivity index (χ3v) is 6.45. The van der Waals surface area contributed by atoms with E-state index in [0.29, 0.717) is 36.6 Å². The quantitative estimate of drug-likeness (QED) is 0.593. The van der Waals surface area contributed by atoms with Crippen molar-refractivity contribution in [2.45, 2.75) is 51.3 Å². The number of pyridine rings is 1. The first kappa shape index (κ1) is 23.0. The molecular formula is C25H31FN4O3. The van der Waals surface area contributed by atoms with Crippen molar-refractivity contribution in [1.82, 2.24) is 15.6 Å². The van der Waals surface area contributed by atoms with Crippen LogP contribution in [0.3, 0.4) is 0 Å². The first-order chi connectivity index (χ1) is 15.6. The number of anilines is 1.